The number of nitrogens with zero attached hydrogens (tertiary/aromatic N) is 3. The quantitative estimate of drug-likeness (QED) is 0.300. The summed E-state index contributed by atoms with van der Waals surface area (Å²) < 4.78 is 6.54. The molecule has 35 heavy (non-hydrogen) atoms. The molecule has 0 amide bonds. The fourth-order valence-electron chi connectivity index (χ4n) is 4.55. The molecule has 0 fully saturated rings. The molecule has 0 bridgehead atoms. The van der Waals surface area contributed by atoms with Gasteiger partial charge in [0.05, 0.1) is 27.6 Å². The highest BCUT2D eigenvalue weighted by Crippen LogP contribution is 2.47. The third kappa shape index (κ3) is 5.68. The first-order valence-electron chi connectivity index (χ1n) is 12.8. The van der Waals surface area contributed by atoms with E-state index in [1.807, 2.05) is 11.8 Å². The molecule has 3 aromatic rings. The average molecular weight is 491 g/mol. The molecule has 0 aliphatic carbocycles. The van der Waals surface area contributed by atoms with Gasteiger partial charge in [-0.15, -0.1) is 0 Å². The highest BCUT2D eigenvalue weighted by atomic mass is 32.2. The highest BCUT2D eigenvalue weighted by Gasteiger charge is 2.30. The van der Waals surface area contributed by atoms with Crippen molar-refractivity contribution in [3.05, 3.63) is 64.9 Å². The molecule has 0 spiro atoms. The molecule has 0 saturated carbocycles. The van der Waals surface area contributed by atoms with Gasteiger partial charge in [-0.2, -0.15) is 0 Å². The Kier molecular flexibility index (Phi) is 7.77. The Labute approximate surface area is 215 Å². The minimum atomic E-state index is -0.0795. The van der Waals surface area contributed by atoms with Crippen LogP contribution in [0.3, 0.4) is 0 Å². The average Bonchev–Trinajstić information content (AvgIpc) is 3.17. The van der Waals surface area contributed by atoms with Crippen molar-refractivity contribution in [3.63, 3.8) is 0 Å². The summed E-state index contributed by atoms with van der Waals surface area (Å²) in [4.78, 5) is 8.42. The third-order valence-corrected chi connectivity index (χ3v) is 7.65. The van der Waals surface area contributed by atoms with Crippen LogP contribution in [0.2, 0.25) is 0 Å². The fraction of sp³-hybridized carbons (Fsp3) is 0.433. The number of para-hydroxylation sites is 1. The first-order valence-corrected chi connectivity index (χ1v) is 13.6. The van der Waals surface area contributed by atoms with Crippen LogP contribution in [0.4, 0.5) is 11.4 Å². The second kappa shape index (κ2) is 10.6. The predicted molar refractivity (Wildman–Crippen MR) is 154 cm³/mol. The summed E-state index contributed by atoms with van der Waals surface area (Å²) in [6.07, 6.45) is 3.48. The van der Waals surface area contributed by atoms with Gasteiger partial charge in [0.2, 0.25) is 0 Å². The minimum absolute atomic E-state index is 0.0795. The molecular weight excluding hydrogens is 450 g/mol. The molecule has 2 aromatic carbocycles. The predicted octanol–water partition coefficient (Wildman–Crippen LogP) is 7.72. The van der Waals surface area contributed by atoms with Gasteiger partial charge in [0.25, 0.3) is 0 Å². The van der Waals surface area contributed by atoms with Gasteiger partial charge in [-0.25, -0.2) is 4.42 Å². The SMILES string of the molecule is CCN(CCCN(C)C)c1ccc2c(/C=C3\Sc4ccccc4N3CC)cc(C(C)(C)C)[o+]c2c1. The lowest BCUT2D eigenvalue weighted by Crippen LogP contribution is -2.26. The number of hydrogen-bond acceptors (Lipinski definition) is 4. The molecule has 1 aliphatic heterocycles. The van der Waals surface area contributed by atoms with Gasteiger partial charge in [0.15, 0.2) is 0 Å². The van der Waals surface area contributed by atoms with E-state index in [4.69, 9.17) is 4.42 Å². The summed E-state index contributed by atoms with van der Waals surface area (Å²) in [6.45, 7) is 15.2. The van der Waals surface area contributed by atoms with Crippen LogP contribution in [0.25, 0.3) is 17.0 Å². The number of fused-ring (bicyclic) bond motifs is 2. The molecule has 0 radical (unpaired) electrons. The topological polar surface area (TPSA) is 21.0 Å². The second-order valence-electron chi connectivity index (χ2n) is 10.5. The maximum Gasteiger partial charge on any atom is 0.362 e. The zero-order valence-corrected chi connectivity index (χ0v) is 23.2. The Morgan fingerprint density at radius 1 is 1.00 bits per heavy atom. The Bertz CT molecular complexity index is 1210. The number of anilines is 2. The van der Waals surface area contributed by atoms with E-state index in [1.54, 1.807) is 0 Å². The molecule has 186 valence electrons. The Balaban J connectivity index is 1.77. The smallest absolute Gasteiger partial charge is 0.362 e. The third-order valence-electron chi connectivity index (χ3n) is 6.53. The van der Waals surface area contributed by atoms with Gasteiger partial charge < -0.3 is 14.7 Å². The summed E-state index contributed by atoms with van der Waals surface area (Å²) in [5.41, 5.74) is 4.61. The van der Waals surface area contributed by atoms with Gasteiger partial charge in [-0.05, 0) is 92.0 Å². The van der Waals surface area contributed by atoms with E-state index in [1.165, 1.54) is 26.9 Å². The van der Waals surface area contributed by atoms with Gasteiger partial charge in [0, 0.05) is 41.8 Å². The molecule has 1 aliphatic rings. The van der Waals surface area contributed by atoms with Gasteiger partial charge >= 0.3 is 11.3 Å². The Hall–Kier alpha value is -2.50. The van der Waals surface area contributed by atoms with Crippen molar-refractivity contribution in [1.29, 1.82) is 0 Å². The van der Waals surface area contributed by atoms with Gasteiger partial charge in [-0.1, -0.05) is 23.9 Å². The number of benzene rings is 2. The maximum absolute atomic E-state index is 6.54. The van der Waals surface area contributed by atoms with Crippen LogP contribution in [0.15, 0.2) is 62.9 Å². The van der Waals surface area contributed by atoms with Gasteiger partial charge in [-0.3, -0.25) is 0 Å². The molecule has 0 atom stereocenters. The van der Waals surface area contributed by atoms with E-state index < -0.39 is 0 Å². The maximum atomic E-state index is 6.54. The van der Waals surface area contributed by atoms with Crippen LogP contribution in [0.1, 0.15) is 52.4 Å². The first-order chi connectivity index (χ1) is 16.7. The van der Waals surface area contributed by atoms with Crippen LogP contribution < -0.4 is 9.80 Å². The summed E-state index contributed by atoms with van der Waals surface area (Å²) >= 11 is 1.85. The van der Waals surface area contributed by atoms with Crippen molar-refractivity contribution in [2.75, 3.05) is 50.1 Å². The van der Waals surface area contributed by atoms with Crippen LogP contribution in [0, 0.1) is 0 Å². The molecule has 4 rings (SSSR count). The zero-order chi connectivity index (χ0) is 25.2. The largest absolute Gasteiger partial charge is 0.371 e. The first kappa shape index (κ1) is 25.6. The lowest BCUT2D eigenvalue weighted by Gasteiger charge is -2.23. The number of thioether (sulfide) groups is 1. The summed E-state index contributed by atoms with van der Waals surface area (Å²) in [7, 11) is 4.27. The van der Waals surface area contributed by atoms with Crippen LogP contribution in [-0.4, -0.2) is 45.2 Å². The molecular formula is C30H40N3OS+. The van der Waals surface area contributed by atoms with Crippen LogP contribution >= 0.6 is 11.8 Å². The van der Waals surface area contributed by atoms with Crippen molar-refractivity contribution in [2.45, 2.75) is 51.3 Å². The van der Waals surface area contributed by atoms with Crippen LogP contribution in [0.5, 0.6) is 0 Å². The Morgan fingerprint density at radius 3 is 2.46 bits per heavy atom. The van der Waals surface area contributed by atoms with E-state index in [9.17, 15) is 0 Å². The molecule has 0 saturated heterocycles. The lowest BCUT2D eigenvalue weighted by molar-refractivity contribution is 0.400. The van der Waals surface area contributed by atoms with E-state index in [-0.39, 0.29) is 5.41 Å². The van der Waals surface area contributed by atoms with Crippen molar-refractivity contribution in [2.24, 2.45) is 0 Å². The van der Waals surface area contributed by atoms with Crippen molar-refractivity contribution in [3.8, 4) is 0 Å². The zero-order valence-electron chi connectivity index (χ0n) is 22.4. The molecule has 1 aromatic heterocycles. The van der Waals surface area contributed by atoms with E-state index in [0.29, 0.717) is 0 Å². The summed E-state index contributed by atoms with van der Waals surface area (Å²) in [5, 5.41) is 2.43. The van der Waals surface area contributed by atoms with Crippen molar-refractivity contribution < 1.29 is 4.42 Å². The minimum Gasteiger partial charge on any atom is -0.371 e. The fourth-order valence-corrected chi connectivity index (χ4v) is 5.73. The molecule has 2 heterocycles. The molecule has 0 N–H and O–H groups in total. The van der Waals surface area contributed by atoms with E-state index in [2.05, 4.69) is 118 Å². The number of hydrogen-bond donors (Lipinski definition) is 0. The van der Waals surface area contributed by atoms with E-state index >= 15 is 0 Å². The van der Waals surface area contributed by atoms with Gasteiger partial charge in [0.1, 0.15) is 0 Å². The second-order valence-corrected chi connectivity index (χ2v) is 11.6. The van der Waals surface area contributed by atoms with Crippen molar-refractivity contribution >= 4 is 40.2 Å². The molecule has 4 nitrogen and oxygen atoms in total. The molecule has 0 unspecified atom stereocenters. The van der Waals surface area contributed by atoms with Crippen molar-refractivity contribution in [1.82, 2.24) is 4.90 Å². The van der Waals surface area contributed by atoms with Crippen LogP contribution in [-0.2, 0) is 5.41 Å². The summed E-state index contributed by atoms with van der Waals surface area (Å²) in [5.74, 6) is 1.01. The molecule has 5 heteroatoms. The highest BCUT2D eigenvalue weighted by molar-refractivity contribution is 8.03. The lowest BCUT2D eigenvalue weighted by atomic mass is 9.91. The number of rotatable bonds is 8. The normalized spacial score (nSPS) is 14.9. The monoisotopic (exact) mass is 490 g/mol. The summed E-state index contributed by atoms with van der Waals surface area (Å²) in [6, 6.07) is 17.6. The standard InChI is InChI=1S/C30H40N3OS/c1-8-32(18-12-17-31(6)7)23-15-16-24-22(19-28(30(3,4)5)34-26(24)21-23)20-29-33(9-2)25-13-10-11-14-27(25)35-29/h10-11,13-16,19-21H,8-9,12,17-18H2,1-7H3/q+1/b29-20-. The Morgan fingerprint density at radius 2 is 1.77 bits per heavy atom. The van der Waals surface area contributed by atoms with E-state index in [0.717, 1.165) is 49.3 Å².